The largest absolute Gasteiger partial charge is 0.494 e. The molecular weight excluding hydrogens is 306 g/mol. The van der Waals surface area contributed by atoms with E-state index in [4.69, 9.17) is 14.2 Å². The summed E-state index contributed by atoms with van der Waals surface area (Å²) in [6.07, 6.45) is 2.24. The van der Waals surface area contributed by atoms with Crippen LogP contribution in [0.1, 0.15) is 30.1 Å². The minimum Gasteiger partial charge on any atom is -0.494 e. The lowest BCUT2D eigenvalue weighted by molar-refractivity contribution is 0.0204. The average molecular weight is 330 g/mol. The molecule has 5 nitrogen and oxygen atoms in total. The van der Waals surface area contributed by atoms with E-state index >= 15 is 0 Å². The molecule has 1 aromatic rings. The Hall–Kier alpha value is -1.30. The predicted octanol–water partition coefficient (Wildman–Crippen LogP) is 2.43. The first-order valence-electron chi connectivity index (χ1n) is 7.52. The molecule has 0 amide bonds. The molecule has 0 spiro atoms. The van der Waals surface area contributed by atoms with Crippen LogP contribution in [0.3, 0.4) is 0 Å². The number of rotatable bonds is 7. The summed E-state index contributed by atoms with van der Waals surface area (Å²) in [5.41, 5.74) is 0.547. The van der Waals surface area contributed by atoms with Gasteiger partial charge in [0, 0.05) is 13.1 Å². The number of benzene rings is 1. The first kappa shape index (κ1) is 18.7. The van der Waals surface area contributed by atoms with Crippen molar-refractivity contribution in [1.82, 2.24) is 5.32 Å². The Morgan fingerprint density at radius 2 is 2.14 bits per heavy atom. The Labute approximate surface area is 137 Å². The molecule has 6 heteroatoms. The molecule has 0 radical (unpaired) electrons. The number of carbonyl (C=O) groups excluding carboxylic acids is 1. The molecule has 1 aliphatic heterocycles. The van der Waals surface area contributed by atoms with Gasteiger partial charge >= 0.3 is 5.97 Å². The molecule has 2 rings (SSSR count). The van der Waals surface area contributed by atoms with Gasteiger partial charge in [-0.05, 0) is 44.0 Å². The van der Waals surface area contributed by atoms with Crippen LogP contribution in [0.5, 0.6) is 5.75 Å². The highest BCUT2D eigenvalue weighted by Crippen LogP contribution is 2.14. The van der Waals surface area contributed by atoms with Gasteiger partial charge in [0.05, 0.1) is 31.5 Å². The lowest BCUT2D eigenvalue weighted by atomic mass is 10.2. The van der Waals surface area contributed by atoms with Crippen molar-refractivity contribution in [2.75, 3.05) is 32.9 Å². The van der Waals surface area contributed by atoms with Gasteiger partial charge in [0.1, 0.15) is 5.75 Å². The van der Waals surface area contributed by atoms with Gasteiger partial charge in [-0.25, -0.2) is 4.79 Å². The summed E-state index contributed by atoms with van der Waals surface area (Å²) in [4.78, 5) is 11.5. The van der Waals surface area contributed by atoms with Gasteiger partial charge in [-0.2, -0.15) is 0 Å². The van der Waals surface area contributed by atoms with Crippen LogP contribution in [-0.2, 0) is 9.47 Å². The Balaban J connectivity index is 0.00000242. The van der Waals surface area contributed by atoms with Crippen LogP contribution in [0, 0.1) is 0 Å². The van der Waals surface area contributed by atoms with Gasteiger partial charge in [-0.1, -0.05) is 0 Å². The third kappa shape index (κ3) is 6.22. The van der Waals surface area contributed by atoms with Crippen molar-refractivity contribution in [3.63, 3.8) is 0 Å². The van der Waals surface area contributed by atoms with E-state index in [1.807, 2.05) is 0 Å². The van der Waals surface area contributed by atoms with Gasteiger partial charge in [0.25, 0.3) is 0 Å². The number of esters is 1. The van der Waals surface area contributed by atoms with Crippen LogP contribution in [0.2, 0.25) is 0 Å². The molecule has 1 unspecified atom stereocenters. The zero-order valence-corrected chi connectivity index (χ0v) is 13.7. The highest BCUT2D eigenvalue weighted by molar-refractivity contribution is 5.89. The second-order valence-corrected chi connectivity index (χ2v) is 4.93. The zero-order chi connectivity index (χ0) is 14.9. The minimum atomic E-state index is -0.300. The summed E-state index contributed by atoms with van der Waals surface area (Å²) in [6, 6.07) is 7.04. The molecule has 0 aliphatic carbocycles. The van der Waals surface area contributed by atoms with Crippen molar-refractivity contribution >= 4 is 18.4 Å². The summed E-state index contributed by atoms with van der Waals surface area (Å²) in [7, 11) is 0. The zero-order valence-electron chi connectivity index (χ0n) is 12.9. The molecular formula is C16H24ClNO4. The number of morpholine rings is 1. The molecule has 1 fully saturated rings. The van der Waals surface area contributed by atoms with Crippen LogP contribution in [0.25, 0.3) is 0 Å². The maximum atomic E-state index is 11.5. The van der Waals surface area contributed by atoms with E-state index in [-0.39, 0.29) is 18.4 Å². The van der Waals surface area contributed by atoms with Crippen LogP contribution in [-0.4, -0.2) is 45.0 Å². The third-order valence-corrected chi connectivity index (χ3v) is 3.31. The van der Waals surface area contributed by atoms with Crippen molar-refractivity contribution in [1.29, 1.82) is 0 Å². The topological polar surface area (TPSA) is 56.8 Å². The van der Waals surface area contributed by atoms with E-state index in [2.05, 4.69) is 5.32 Å². The molecule has 1 heterocycles. The van der Waals surface area contributed by atoms with Crippen LogP contribution < -0.4 is 10.1 Å². The number of hydrogen-bond acceptors (Lipinski definition) is 5. The molecule has 0 aromatic heterocycles. The number of carbonyl (C=O) groups is 1. The Kier molecular flexibility index (Phi) is 8.89. The molecule has 124 valence electrons. The monoisotopic (exact) mass is 329 g/mol. The summed E-state index contributed by atoms with van der Waals surface area (Å²) < 4.78 is 16.2. The molecule has 1 aromatic carbocycles. The maximum Gasteiger partial charge on any atom is 0.338 e. The first-order valence-corrected chi connectivity index (χ1v) is 7.52. The third-order valence-electron chi connectivity index (χ3n) is 3.31. The fraction of sp³-hybridized carbons (Fsp3) is 0.562. The summed E-state index contributed by atoms with van der Waals surface area (Å²) in [5.74, 6) is 0.469. The van der Waals surface area contributed by atoms with Crippen molar-refractivity contribution in [2.24, 2.45) is 0 Å². The number of halogens is 1. The van der Waals surface area contributed by atoms with Gasteiger partial charge in [-0.15, -0.1) is 12.4 Å². The Bertz CT molecular complexity index is 432. The van der Waals surface area contributed by atoms with Gasteiger partial charge < -0.3 is 19.5 Å². The maximum absolute atomic E-state index is 11.5. The fourth-order valence-electron chi connectivity index (χ4n) is 2.21. The fourth-order valence-corrected chi connectivity index (χ4v) is 2.21. The van der Waals surface area contributed by atoms with Gasteiger partial charge in [0.2, 0.25) is 0 Å². The smallest absolute Gasteiger partial charge is 0.338 e. The predicted molar refractivity (Wildman–Crippen MR) is 87.0 cm³/mol. The lowest BCUT2D eigenvalue weighted by Gasteiger charge is -2.23. The van der Waals surface area contributed by atoms with E-state index in [9.17, 15) is 4.79 Å². The molecule has 1 N–H and O–H groups in total. The molecule has 0 bridgehead atoms. The highest BCUT2D eigenvalue weighted by atomic mass is 35.5. The molecule has 1 atom stereocenters. The van der Waals surface area contributed by atoms with Crippen LogP contribution in [0.15, 0.2) is 24.3 Å². The average Bonchev–Trinajstić information content (AvgIpc) is 2.53. The number of ether oxygens (including phenoxy) is 3. The first-order chi connectivity index (χ1) is 10.3. The highest BCUT2D eigenvalue weighted by Gasteiger charge is 2.12. The van der Waals surface area contributed by atoms with E-state index in [1.165, 1.54) is 0 Å². The number of nitrogens with one attached hydrogen (secondary N) is 1. The second-order valence-electron chi connectivity index (χ2n) is 4.93. The number of hydrogen-bond donors (Lipinski definition) is 1. The molecule has 1 saturated heterocycles. The van der Waals surface area contributed by atoms with Crippen molar-refractivity contribution in [2.45, 2.75) is 25.9 Å². The van der Waals surface area contributed by atoms with Crippen LogP contribution in [0.4, 0.5) is 0 Å². The summed E-state index contributed by atoms with van der Waals surface area (Å²) in [6.45, 7) is 5.49. The van der Waals surface area contributed by atoms with E-state index in [1.54, 1.807) is 31.2 Å². The van der Waals surface area contributed by atoms with Crippen molar-refractivity contribution in [3.05, 3.63) is 29.8 Å². The van der Waals surface area contributed by atoms with E-state index < -0.39 is 0 Å². The summed E-state index contributed by atoms with van der Waals surface area (Å²) in [5, 5.41) is 3.31. The van der Waals surface area contributed by atoms with Gasteiger partial charge in [-0.3, -0.25) is 0 Å². The summed E-state index contributed by atoms with van der Waals surface area (Å²) >= 11 is 0. The quantitative estimate of drug-likeness (QED) is 0.615. The second kappa shape index (κ2) is 10.4. The molecule has 1 aliphatic rings. The van der Waals surface area contributed by atoms with Crippen molar-refractivity contribution < 1.29 is 19.0 Å². The van der Waals surface area contributed by atoms with E-state index in [0.29, 0.717) is 24.9 Å². The van der Waals surface area contributed by atoms with Gasteiger partial charge in [0.15, 0.2) is 0 Å². The van der Waals surface area contributed by atoms with Crippen LogP contribution >= 0.6 is 12.4 Å². The molecule has 22 heavy (non-hydrogen) atoms. The Morgan fingerprint density at radius 3 is 2.77 bits per heavy atom. The Morgan fingerprint density at radius 1 is 1.36 bits per heavy atom. The standard InChI is InChI=1S/C16H23NO4.ClH/c1-2-19-16(18)13-5-7-14(8-6-13)20-10-3-4-15-12-17-9-11-21-15;/h5-8,15,17H,2-4,9-12H2,1H3;1H. The van der Waals surface area contributed by atoms with E-state index in [0.717, 1.165) is 38.3 Å². The molecule has 0 saturated carbocycles. The lowest BCUT2D eigenvalue weighted by Crippen LogP contribution is -2.38. The SMILES string of the molecule is CCOC(=O)c1ccc(OCCCC2CNCCO2)cc1.Cl. The minimum absolute atomic E-state index is 0. The normalized spacial score (nSPS) is 17.4. The van der Waals surface area contributed by atoms with Crippen molar-refractivity contribution in [3.8, 4) is 5.75 Å².